The van der Waals surface area contributed by atoms with E-state index in [0.29, 0.717) is 16.8 Å². The highest BCUT2D eigenvalue weighted by Gasteiger charge is 2.26. The second-order valence-electron chi connectivity index (χ2n) is 5.40. The topological polar surface area (TPSA) is 32.3 Å². The Hall–Kier alpha value is -1.65. The number of aryl methyl sites for hydroxylation is 1. The summed E-state index contributed by atoms with van der Waals surface area (Å²) in [4.78, 5) is 15.6. The molecular weight excluding hydrogens is 316 g/mol. The molecule has 2 amide bonds. The molecule has 0 saturated carbocycles. The van der Waals surface area contributed by atoms with E-state index in [0.717, 1.165) is 21.8 Å². The van der Waals surface area contributed by atoms with Crippen LogP contribution in [0.4, 0.5) is 16.2 Å². The highest BCUT2D eigenvalue weighted by Crippen LogP contribution is 2.38. The molecule has 1 aliphatic rings. The van der Waals surface area contributed by atoms with Gasteiger partial charge in [0.05, 0.1) is 5.69 Å². The molecule has 0 saturated heterocycles. The molecule has 0 spiro atoms. The number of rotatable bonds is 1. The highest BCUT2D eigenvalue weighted by atomic mass is 35.5. The minimum Gasteiger partial charge on any atom is -0.307 e. The smallest absolute Gasteiger partial charge is 0.307 e. The Balaban J connectivity index is 1.88. The number of halogens is 1. The number of nitrogens with one attached hydrogen (secondary N) is 1. The normalized spacial score (nSPS) is 17.0. The molecule has 1 heterocycles. The number of amides is 2. The maximum absolute atomic E-state index is 12.7. The first kappa shape index (κ1) is 15.3. The third-order valence-corrected chi connectivity index (χ3v) is 5.00. The molecule has 1 N–H and O–H groups in total. The first-order valence-electron chi connectivity index (χ1n) is 7.15. The average Bonchev–Trinajstić information content (AvgIpc) is 2.50. The van der Waals surface area contributed by atoms with Gasteiger partial charge in [0.1, 0.15) is 0 Å². The van der Waals surface area contributed by atoms with Crippen LogP contribution < -0.4 is 10.2 Å². The number of hydrogen-bond acceptors (Lipinski definition) is 2. The number of carbonyl (C=O) groups excluding carboxylic acids is 1. The van der Waals surface area contributed by atoms with E-state index in [-0.39, 0.29) is 6.03 Å². The van der Waals surface area contributed by atoms with Gasteiger partial charge in [-0.15, -0.1) is 11.8 Å². The zero-order valence-electron chi connectivity index (χ0n) is 12.5. The van der Waals surface area contributed by atoms with E-state index in [1.54, 1.807) is 22.7 Å². The molecule has 3 rings (SSSR count). The van der Waals surface area contributed by atoms with Crippen LogP contribution in [-0.2, 0) is 0 Å². The molecule has 2 aromatic carbocycles. The minimum absolute atomic E-state index is 0.120. The van der Waals surface area contributed by atoms with Gasteiger partial charge in [0.15, 0.2) is 0 Å². The zero-order valence-corrected chi connectivity index (χ0v) is 14.0. The van der Waals surface area contributed by atoms with Gasteiger partial charge in [-0.25, -0.2) is 4.79 Å². The lowest BCUT2D eigenvalue weighted by atomic mass is 10.2. The number of para-hydroxylation sites is 1. The number of benzene rings is 2. The lowest BCUT2D eigenvalue weighted by Gasteiger charge is -2.32. The second-order valence-corrected chi connectivity index (χ2v) is 7.31. The van der Waals surface area contributed by atoms with Gasteiger partial charge >= 0.3 is 6.03 Å². The summed E-state index contributed by atoms with van der Waals surface area (Å²) in [6, 6.07) is 13.4. The average molecular weight is 333 g/mol. The van der Waals surface area contributed by atoms with Crippen LogP contribution in [0.3, 0.4) is 0 Å². The van der Waals surface area contributed by atoms with E-state index in [4.69, 9.17) is 11.6 Å². The Morgan fingerprint density at radius 3 is 2.91 bits per heavy atom. The molecule has 0 aliphatic carbocycles. The molecular formula is C17H17ClN2OS. The molecule has 3 nitrogen and oxygen atoms in total. The van der Waals surface area contributed by atoms with Crippen molar-refractivity contribution in [3.05, 3.63) is 53.1 Å². The van der Waals surface area contributed by atoms with E-state index in [1.807, 2.05) is 37.3 Å². The van der Waals surface area contributed by atoms with Gasteiger partial charge in [0.2, 0.25) is 0 Å². The van der Waals surface area contributed by atoms with Crippen molar-refractivity contribution in [1.82, 2.24) is 0 Å². The fourth-order valence-corrected chi connectivity index (χ4v) is 3.78. The van der Waals surface area contributed by atoms with Crippen LogP contribution >= 0.6 is 23.4 Å². The molecule has 1 atom stereocenters. The summed E-state index contributed by atoms with van der Waals surface area (Å²) in [6.07, 6.45) is 0. The molecule has 2 aromatic rings. The largest absolute Gasteiger partial charge is 0.326 e. The number of urea groups is 1. The van der Waals surface area contributed by atoms with Crippen molar-refractivity contribution < 1.29 is 4.79 Å². The van der Waals surface area contributed by atoms with Crippen molar-refractivity contribution in [2.45, 2.75) is 24.0 Å². The number of nitrogens with zero attached hydrogens (tertiary/aromatic N) is 1. The van der Waals surface area contributed by atoms with Gasteiger partial charge in [-0.1, -0.05) is 36.7 Å². The molecule has 5 heteroatoms. The summed E-state index contributed by atoms with van der Waals surface area (Å²) in [6.45, 7) is 4.77. The van der Waals surface area contributed by atoms with Crippen LogP contribution in [0.15, 0.2) is 47.4 Å². The molecule has 1 aliphatic heterocycles. The molecule has 114 valence electrons. The third kappa shape index (κ3) is 3.08. The first-order valence-corrected chi connectivity index (χ1v) is 8.40. The number of carbonyl (C=O) groups is 1. The molecule has 22 heavy (non-hydrogen) atoms. The number of fused-ring (bicyclic) bond motifs is 1. The number of hydrogen-bond donors (Lipinski definition) is 1. The van der Waals surface area contributed by atoms with Gasteiger partial charge in [-0.3, -0.25) is 4.90 Å². The van der Waals surface area contributed by atoms with E-state index in [2.05, 4.69) is 18.3 Å². The van der Waals surface area contributed by atoms with Gasteiger partial charge < -0.3 is 5.32 Å². The summed E-state index contributed by atoms with van der Waals surface area (Å²) < 4.78 is 0. The molecule has 0 fully saturated rings. The van der Waals surface area contributed by atoms with Crippen LogP contribution in [0.25, 0.3) is 0 Å². The summed E-state index contributed by atoms with van der Waals surface area (Å²) in [5.41, 5.74) is 2.70. The van der Waals surface area contributed by atoms with Crippen molar-refractivity contribution in [1.29, 1.82) is 0 Å². The van der Waals surface area contributed by atoms with Crippen molar-refractivity contribution >= 4 is 40.8 Å². The van der Waals surface area contributed by atoms with Crippen molar-refractivity contribution in [3.8, 4) is 0 Å². The fraction of sp³-hybridized carbons (Fsp3) is 0.235. The van der Waals surface area contributed by atoms with Crippen LogP contribution in [0.5, 0.6) is 0 Å². The summed E-state index contributed by atoms with van der Waals surface area (Å²) >= 11 is 7.82. The molecule has 0 aromatic heterocycles. The lowest BCUT2D eigenvalue weighted by molar-refractivity contribution is 0.256. The zero-order chi connectivity index (χ0) is 15.7. The van der Waals surface area contributed by atoms with E-state index < -0.39 is 0 Å². The Labute approximate surface area is 139 Å². The number of anilines is 2. The highest BCUT2D eigenvalue weighted by molar-refractivity contribution is 8.00. The van der Waals surface area contributed by atoms with Crippen molar-refractivity contribution in [2.24, 2.45) is 0 Å². The minimum atomic E-state index is -0.120. The quantitative estimate of drug-likeness (QED) is 0.780. The van der Waals surface area contributed by atoms with Crippen LogP contribution in [0.1, 0.15) is 12.5 Å². The molecule has 0 bridgehead atoms. The van der Waals surface area contributed by atoms with Crippen molar-refractivity contribution in [3.63, 3.8) is 0 Å². The Morgan fingerprint density at radius 2 is 2.09 bits per heavy atom. The second kappa shape index (κ2) is 6.23. The SMILES string of the molecule is Cc1ccc(Cl)cc1NC(=O)N1C[C@H](C)Sc2ccccc21. The number of thioether (sulfide) groups is 1. The molecule has 0 unspecified atom stereocenters. The maximum Gasteiger partial charge on any atom is 0.326 e. The fourth-order valence-electron chi connectivity index (χ4n) is 2.49. The van der Waals surface area contributed by atoms with Crippen molar-refractivity contribution in [2.75, 3.05) is 16.8 Å². The molecule has 0 radical (unpaired) electrons. The summed E-state index contributed by atoms with van der Waals surface area (Å²) in [5, 5.41) is 3.95. The van der Waals surface area contributed by atoms with E-state index in [9.17, 15) is 4.79 Å². The lowest BCUT2D eigenvalue weighted by Crippen LogP contribution is -2.41. The predicted octanol–water partition coefficient (Wildman–Crippen LogP) is 5.18. The first-order chi connectivity index (χ1) is 10.5. The van der Waals surface area contributed by atoms with Gasteiger partial charge in [-0.05, 0) is 36.8 Å². The maximum atomic E-state index is 12.7. The van der Waals surface area contributed by atoms with Crippen LogP contribution in [0.2, 0.25) is 5.02 Å². The third-order valence-electron chi connectivity index (χ3n) is 3.61. The van der Waals surface area contributed by atoms with Crippen LogP contribution in [-0.4, -0.2) is 17.8 Å². The predicted molar refractivity (Wildman–Crippen MR) is 94.3 cm³/mol. The van der Waals surface area contributed by atoms with E-state index >= 15 is 0 Å². The van der Waals surface area contributed by atoms with Gasteiger partial charge in [0, 0.05) is 27.4 Å². The van der Waals surface area contributed by atoms with Gasteiger partial charge in [0.25, 0.3) is 0 Å². The Morgan fingerprint density at radius 1 is 1.32 bits per heavy atom. The van der Waals surface area contributed by atoms with Gasteiger partial charge in [-0.2, -0.15) is 0 Å². The Kier molecular flexibility index (Phi) is 4.32. The summed E-state index contributed by atoms with van der Waals surface area (Å²) in [5.74, 6) is 0. The monoisotopic (exact) mass is 332 g/mol. The van der Waals surface area contributed by atoms with E-state index in [1.165, 1.54) is 0 Å². The summed E-state index contributed by atoms with van der Waals surface area (Å²) in [7, 11) is 0. The standard InChI is InChI=1S/C17H17ClN2OS/c1-11-7-8-13(18)9-14(11)19-17(21)20-10-12(2)22-16-6-4-3-5-15(16)20/h3-9,12H,10H2,1-2H3,(H,19,21)/t12-/m0/s1. The Bertz CT molecular complexity index is 720. The van der Waals surface area contributed by atoms with Crippen LogP contribution in [0, 0.1) is 6.92 Å².